The average molecular weight is 314 g/mol. The third kappa shape index (κ3) is 2.70. The molecule has 0 N–H and O–H groups in total. The molecule has 1 aliphatic carbocycles. The number of aromatic nitrogens is 2. The first-order valence-electron chi connectivity index (χ1n) is 7.83. The lowest BCUT2D eigenvalue weighted by molar-refractivity contribution is 0.919. The van der Waals surface area contributed by atoms with Crippen molar-refractivity contribution in [2.24, 2.45) is 0 Å². The largest absolute Gasteiger partial charge is 0.338 e. The molecule has 3 heteroatoms. The number of rotatable bonds is 3. The van der Waals surface area contributed by atoms with Crippen molar-refractivity contribution in [3.8, 4) is 18.0 Å². The Labute approximate surface area is 141 Å². The molecule has 24 heavy (non-hydrogen) atoms. The summed E-state index contributed by atoms with van der Waals surface area (Å²) in [6.45, 7) is 1.90. The van der Waals surface area contributed by atoms with Crippen molar-refractivity contribution >= 4 is 17.8 Å². The minimum atomic E-state index is -0.137. The quantitative estimate of drug-likeness (QED) is 0.618. The predicted molar refractivity (Wildman–Crippen MR) is 101 cm³/mol. The van der Waals surface area contributed by atoms with Crippen LogP contribution in [0.3, 0.4) is 0 Å². The van der Waals surface area contributed by atoms with Crippen LogP contribution in [0.4, 0.5) is 0 Å². The molecule has 1 aliphatic rings. The summed E-state index contributed by atoms with van der Waals surface area (Å²) in [6, 6.07) is 9.63. The summed E-state index contributed by atoms with van der Waals surface area (Å²) in [7, 11) is 0. The van der Waals surface area contributed by atoms with Gasteiger partial charge in [0.1, 0.15) is 0 Å². The van der Waals surface area contributed by atoms with Gasteiger partial charge < -0.3 is 0 Å². The van der Waals surface area contributed by atoms with Gasteiger partial charge in [-0.1, -0.05) is 42.3 Å². The Hall–Kier alpha value is -3.25. The fourth-order valence-electron chi connectivity index (χ4n) is 2.81. The van der Waals surface area contributed by atoms with Gasteiger partial charge in [0.05, 0.1) is 22.8 Å². The normalized spacial score (nSPS) is 13.8. The van der Waals surface area contributed by atoms with Crippen LogP contribution in [0.25, 0.3) is 23.5 Å². The van der Waals surface area contributed by atoms with Crippen LogP contribution in [0.2, 0.25) is 0 Å². The summed E-state index contributed by atoms with van der Waals surface area (Å²) in [5.41, 5.74) is 3.06. The number of allylic oxidation sites excluding steroid dienone is 6. The first-order chi connectivity index (χ1) is 11.8. The van der Waals surface area contributed by atoms with Crippen LogP contribution >= 0.6 is 0 Å². The first-order valence-corrected chi connectivity index (χ1v) is 7.83. The van der Waals surface area contributed by atoms with E-state index in [1.54, 1.807) is 15.2 Å². The molecular weight excluding hydrogens is 296 g/mol. The number of hydrogen-bond donors (Lipinski definition) is 0. The molecule has 0 spiro atoms. The second-order valence-corrected chi connectivity index (χ2v) is 5.34. The lowest BCUT2D eigenvalue weighted by atomic mass is 10.2. The third-order valence-corrected chi connectivity index (χ3v) is 3.79. The number of nitrogens with zero attached hydrogens (tertiary/aromatic N) is 2. The highest BCUT2D eigenvalue weighted by Gasteiger charge is 2.19. The molecular formula is C21H18N2O. The van der Waals surface area contributed by atoms with Crippen LogP contribution in [0.15, 0.2) is 65.5 Å². The molecule has 1 aromatic heterocycles. The van der Waals surface area contributed by atoms with Crippen LogP contribution in [0.1, 0.15) is 24.7 Å². The predicted octanol–water partition coefficient (Wildman–Crippen LogP) is 4.12. The Kier molecular flexibility index (Phi) is 4.49. The standard InChI is InChI=1S/C21H18N2O/c1-3-11-17(12-4-2)22-19-15-9-6-10-16-20(19)23(21(22)24)18-13-7-5-8-14-18/h1,4-5,7-16H,6H2,2H3/b12-4-,17-11+. The Balaban J connectivity index is 2.39. The minimum Gasteiger partial charge on any atom is -0.260 e. The molecule has 0 aliphatic heterocycles. The van der Waals surface area contributed by atoms with Gasteiger partial charge in [-0.15, -0.1) is 6.42 Å². The molecule has 0 atom stereocenters. The van der Waals surface area contributed by atoms with Gasteiger partial charge in [-0.3, -0.25) is 9.13 Å². The molecule has 0 saturated carbocycles. The fraction of sp³-hybridized carbons (Fsp3) is 0.0952. The maximum atomic E-state index is 13.2. The maximum absolute atomic E-state index is 13.2. The monoisotopic (exact) mass is 314 g/mol. The summed E-state index contributed by atoms with van der Waals surface area (Å²) in [5.74, 6) is 2.53. The highest BCUT2D eigenvalue weighted by molar-refractivity contribution is 5.71. The number of benzene rings is 1. The van der Waals surface area contributed by atoms with Gasteiger partial charge in [-0.2, -0.15) is 0 Å². The van der Waals surface area contributed by atoms with Gasteiger partial charge in [-0.05, 0) is 43.7 Å². The van der Waals surface area contributed by atoms with Crippen molar-refractivity contribution in [2.75, 3.05) is 0 Å². The zero-order chi connectivity index (χ0) is 16.9. The van der Waals surface area contributed by atoms with E-state index in [2.05, 4.69) is 5.92 Å². The molecule has 0 unspecified atom stereocenters. The van der Waals surface area contributed by atoms with E-state index >= 15 is 0 Å². The Bertz CT molecular complexity index is 958. The van der Waals surface area contributed by atoms with E-state index in [4.69, 9.17) is 6.42 Å². The second-order valence-electron chi connectivity index (χ2n) is 5.34. The summed E-state index contributed by atoms with van der Waals surface area (Å²) < 4.78 is 3.38. The number of para-hydroxylation sites is 1. The van der Waals surface area contributed by atoms with Crippen LogP contribution in [-0.4, -0.2) is 9.13 Å². The minimum absolute atomic E-state index is 0.137. The molecule has 0 bridgehead atoms. The highest BCUT2D eigenvalue weighted by atomic mass is 16.1. The average Bonchev–Trinajstić information content (AvgIpc) is 2.74. The third-order valence-electron chi connectivity index (χ3n) is 3.79. The summed E-state index contributed by atoms with van der Waals surface area (Å²) in [4.78, 5) is 13.2. The topological polar surface area (TPSA) is 26.9 Å². The van der Waals surface area contributed by atoms with Gasteiger partial charge in [0, 0.05) is 6.08 Å². The van der Waals surface area contributed by atoms with Crippen molar-refractivity contribution < 1.29 is 0 Å². The summed E-state index contributed by atoms with van der Waals surface area (Å²) >= 11 is 0. The summed E-state index contributed by atoms with van der Waals surface area (Å²) in [6.07, 6.45) is 19.7. The van der Waals surface area contributed by atoms with E-state index in [1.807, 2.05) is 73.7 Å². The Morgan fingerprint density at radius 3 is 2.54 bits per heavy atom. The second kappa shape index (κ2) is 6.89. The molecule has 1 heterocycles. The highest BCUT2D eigenvalue weighted by Crippen LogP contribution is 2.23. The molecule has 0 saturated heterocycles. The smallest absolute Gasteiger partial charge is 0.260 e. The zero-order valence-electron chi connectivity index (χ0n) is 13.5. The molecule has 0 fully saturated rings. The van der Waals surface area contributed by atoms with Gasteiger partial charge in [0.15, 0.2) is 0 Å². The summed E-state index contributed by atoms with van der Waals surface area (Å²) in [5, 5.41) is 0. The fourth-order valence-corrected chi connectivity index (χ4v) is 2.81. The van der Waals surface area contributed by atoms with Crippen LogP contribution in [0, 0.1) is 12.3 Å². The van der Waals surface area contributed by atoms with E-state index in [1.165, 1.54) is 0 Å². The van der Waals surface area contributed by atoms with Crippen LogP contribution in [-0.2, 0) is 0 Å². The van der Waals surface area contributed by atoms with Crippen LogP contribution < -0.4 is 5.69 Å². The van der Waals surface area contributed by atoms with Crippen molar-refractivity contribution in [1.29, 1.82) is 0 Å². The lowest BCUT2D eigenvalue weighted by Crippen LogP contribution is -2.23. The molecule has 118 valence electrons. The number of terminal acetylenes is 1. The number of imidazole rings is 1. The molecule has 3 nitrogen and oxygen atoms in total. The van der Waals surface area contributed by atoms with Gasteiger partial charge in [0.2, 0.25) is 0 Å². The molecule has 0 amide bonds. The number of hydrogen-bond acceptors (Lipinski definition) is 1. The molecule has 3 rings (SSSR count). The molecule has 0 radical (unpaired) electrons. The Morgan fingerprint density at radius 2 is 1.88 bits per heavy atom. The van der Waals surface area contributed by atoms with E-state index in [0.717, 1.165) is 23.5 Å². The van der Waals surface area contributed by atoms with Gasteiger partial charge >= 0.3 is 5.69 Å². The maximum Gasteiger partial charge on any atom is 0.338 e. The molecule has 1 aromatic carbocycles. The number of fused-ring (bicyclic) bond motifs is 1. The van der Waals surface area contributed by atoms with Crippen molar-refractivity contribution in [1.82, 2.24) is 9.13 Å². The van der Waals surface area contributed by atoms with Crippen molar-refractivity contribution in [3.63, 3.8) is 0 Å². The van der Waals surface area contributed by atoms with E-state index in [9.17, 15) is 4.79 Å². The first kappa shape index (κ1) is 15.6. The van der Waals surface area contributed by atoms with Crippen molar-refractivity contribution in [3.05, 3.63) is 82.6 Å². The SMILES string of the molecule is C#C/C=C(\C=C/C)n1c2c(n(-c3ccccc3)c1=O)C=CCC=C2. The lowest BCUT2D eigenvalue weighted by Gasteiger charge is -2.04. The van der Waals surface area contributed by atoms with Crippen molar-refractivity contribution in [2.45, 2.75) is 13.3 Å². The van der Waals surface area contributed by atoms with E-state index < -0.39 is 0 Å². The van der Waals surface area contributed by atoms with E-state index in [0.29, 0.717) is 5.70 Å². The Morgan fingerprint density at radius 1 is 1.17 bits per heavy atom. The zero-order valence-corrected chi connectivity index (χ0v) is 13.5. The van der Waals surface area contributed by atoms with Gasteiger partial charge in [-0.25, -0.2) is 4.79 Å². The van der Waals surface area contributed by atoms with Gasteiger partial charge in [0.25, 0.3) is 0 Å². The van der Waals surface area contributed by atoms with Crippen LogP contribution in [0.5, 0.6) is 0 Å². The molecule has 2 aromatic rings. The van der Waals surface area contributed by atoms with E-state index in [-0.39, 0.29) is 5.69 Å².